The molecule has 0 saturated heterocycles. The van der Waals surface area contributed by atoms with E-state index in [1.807, 2.05) is 13.0 Å². The van der Waals surface area contributed by atoms with Crippen LogP contribution in [-0.2, 0) is 5.41 Å². The summed E-state index contributed by atoms with van der Waals surface area (Å²) in [6.45, 7) is 10.3. The fourth-order valence-corrected chi connectivity index (χ4v) is 2.20. The molecule has 2 nitrogen and oxygen atoms in total. The van der Waals surface area contributed by atoms with Gasteiger partial charge in [-0.2, -0.15) is 0 Å². The molecule has 2 rings (SSSR count). The van der Waals surface area contributed by atoms with Gasteiger partial charge < -0.3 is 5.11 Å². The van der Waals surface area contributed by atoms with Gasteiger partial charge in [-0.3, -0.25) is 4.98 Å². The van der Waals surface area contributed by atoms with Crippen molar-refractivity contribution in [1.29, 1.82) is 0 Å². The lowest BCUT2D eigenvalue weighted by Gasteiger charge is -2.20. The second-order valence-corrected chi connectivity index (χ2v) is 6.01. The third kappa shape index (κ3) is 2.39. The van der Waals surface area contributed by atoms with Gasteiger partial charge in [-0.1, -0.05) is 26.8 Å². The molecule has 1 heterocycles. The van der Waals surface area contributed by atoms with Gasteiger partial charge in [0.1, 0.15) is 0 Å². The zero-order chi connectivity index (χ0) is 13.5. The number of benzene rings is 1. The number of aliphatic hydroxyl groups excluding tert-OH is 1. The summed E-state index contributed by atoms with van der Waals surface area (Å²) in [7, 11) is 0. The Morgan fingerprint density at radius 2 is 1.83 bits per heavy atom. The summed E-state index contributed by atoms with van der Waals surface area (Å²) < 4.78 is 0. The molecule has 18 heavy (non-hydrogen) atoms. The second-order valence-electron chi connectivity index (χ2n) is 6.01. The highest BCUT2D eigenvalue weighted by Crippen LogP contribution is 2.29. The number of aromatic nitrogens is 1. The van der Waals surface area contributed by atoms with Crippen LogP contribution in [0.15, 0.2) is 24.3 Å². The van der Waals surface area contributed by atoms with Gasteiger partial charge in [0.05, 0.1) is 11.6 Å². The Bertz CT molecular complexity index is 579. The summed E-state index contributed by atoms with van der Waals surface area (Å²) in [6, 6.07) is 8.30. The predicted molar refractivity (Wildman–Crippen MR) is 75.8 cm³/mol. The Morgan fingerprint density at radius 1 is 1.17 bits per heavy atom. The van der Waals surface area contributed by atoms with Gasteiger partial charge in [0.15, 0.2) is 0 Å². The first-order valence-corrected chi connectivity index (χ1v) is 6.39. The molecule has 0 aliphatic rings. The van der Waals surface area contributed by atoms with Crippen molar-refractivity contribution >= 4 is 10.9 Å². The molecule has 0 radical (unpaired) electrons. The highest BCUT2D eigenvalue weighted by atomic mass is 16.3. The summed E-state index contributed by atoms with van der Waals surface area (Å²) in [5.74, 6) is 0. The highest BCUT2D eigenvalue weighted by molar-refractivity contribution is 5.83. The Kier molecular flexibility index (Phi) is 3.16. The minimum absolute atomic E-state index is 0.106. The number of pyridine rings is 1. The Morgan fingerprint density at radius 3 is 2.39 bits per heavy atom. The van der Waals surface area contributed by atoms with Crippen LogP contribution >= 0.6 is 0 Å². The van der Waals surface area contributed by atoms with Crippen LogP contribution in [0.25, 0.3) is 10.9 Å². The largest absolute Gasteiger partial charge is 0.389 e. The van der Waals surface area contributed by atoms with Crippen molar-refractivity contribution in [3.05, 3.63) is 41.1 Å². The van der Waals surface area contributed by atoms with E-state index < -0.39 is 6.10 Å². The third-order valence-corrected chi connectivity index (χ3v) is 3.28. The summed E-state index contributed by atoms with van der Waals surface area (Å²) in [5, 5.41) is 11.0. The summed E-state index contributed by atoms with van der Waals surface area (Å²) in [5.41, 5.74) is 4.24. The van der Waals surface area contributed by atoms with Crippen LogP contribution in [-0.4, -0.2) is 10.1 Å². The van der Waals surface area contributed by atoms with Crippen molar-refractivity contribution in [3.63, 3.8) is 0 Å². The molecule has 1 unspecified atom stereocenters. The van der Waals surface area contributed by atoms with E-state index in [0.717, 1.165) is 22.2 Å². The minimum Gasteiger partial charge on any atom is -0.389 e. The number of nitrogens with zero attached hydrogens (tertiary/aromatic N) is 1. The standard InChI is InChI=1S/C16H21NO/c1-10-8-13(11(2)18)14-9-12(16(3,4)5)6-7-15(14)17-10/h6-9,11,18H,1-5H3. The van der Waals surface area contributed by atoms with Crippen LogP contribution in [0.5, 0.6) is 0 Å². The Balaban J connectivity index is 2.75. The Hall–Kier alpha value is -1.41. The van der Waals surface area contributed by atoms with E-state index in [-0.39, 0.29) is 5.41 Å². The first-order chi connectivity index (χ1) is 8.29. The maximum atomic E-state index is 9.91. The molecule has 0 saturated carbocycles. The normalized spacial score (nSPS) is 13.9. The van der Waals surface area contributed by atoms with Crippen molar-refractivity contribution in [2.75, 3.05) is 0 Å². The van der Waals surface area contributed by atoms with Crippen LogP contribution in [0.4, 0.5) is 0 Å². The molecule has 96 valence electrons. The van der Waals surface area contributed by atoms with E-state index in [0.29, 0.717) is 0 Å². The van der Waals surface area contributed by atoms with Gasteiger partial charge in [0.2, 0.25) is 0 Å². The molecule has 1 aromatic carbocycles. The van der Waals surface area contributed by atoms with E-state index in [1.165, 1.54) is 5.56 Å². The maximum absolute atomic E-state index is 9.91. The zero-order valence-corrected chi connectivity index (χ0v) is 11.8. The van der Waals surface area contributed by atoms with Crippen molar-refractivity contribution in [1.82, 2.24) is 4.98 Å². The summed E-state index contributed by atoms with van der Waals surface area (Å²) >= 11 is 0. The SMILES string of the molecule is Cc1cc(C(C)O)c2cc(C(C)(C)C)ccc2n1. The fraction of sp³-hybridized carbons (Fsp3) is 0.438. The number of hydrogen-bond acceptors (Lipinski definition) is 2. The minimum atomic E-state index is -0.468. The quantitative estimate of drug-likeness (QED) is 0.824. The lowest BCUT2D eigenvalue weighted by molar-refractivity contribution is 0.200. The van der Waals surface area contributed by atoms with Crippen molar-refractivity contribution in [3.8, 4) is 0 Å². The molecule has 1 atom stereocenters. The number of aryl methyl sites for hydroxylation is 1. The van der Waals surface area contributed by atoms with Gasteiger partial charge in [-0.05, 0) is 48.6 Å². The lowest BCUT2D eigenvalue weighted by atomic mass is 9.85. The van der Waals surface area contributed by atoms with Crippen molar-refractivity contribution in [2.45, 2.75) is 46.1 Å². The summed E-state index contributed by atoms with van der Waals surface area (Å²) in [4.78, 5) is 4.53. The summed E-state index contributed by atoms with van der Waals surface area (Å²) in [6.07, 6.45) is -0.468. The third-order valence-electron chi connectivity index (χ3n) is 3.28. The first-order valence-electron chi connectivity index (χ1n) is 6.39. The molecular weight excluding hydrogens is 222 g/mol. The van der Waals surface area contributed by atoms with Gasteiger partial charge >= 0.3 is 0 Å². The lowest BCUT2D eigenvalue weighted by Crippen LogP contribution is -2.11. The smallest absolute Gasteiger partial charge is 0.0769 e. The fourth-order valence-electron chi connectivity index (χ4n) is 2.20. The van der Waals surface area contributed by atoms with E-state index in [2.05, 4.69) is 44.0 Å². The van der Waals surface area contributed by atoms with Crippen LogP contribution in [0.3, 0.4) is 0 Å². The predicted octanol–water partition coefficient (Wildman–Crippen LogP) is 3.89. The van der Waals surface area contributed by atoms with Crippen molar-refractivity contribution in [2.24, 2.45) is 0 Å². The molecule has 0 amide bonds. The van der Waals surface area contributed by atoms with E-state index >= 15 is 0 Å². The van der Waals surface area contributed by atoms with Crippen LogP contribution in [0, 0.1) is 6.92 Å². The number of fused-ring (bicyclic) bond motifs is 1. The van der Waals surface area contributed by atoms with Gasteiger partial charge in [0, 0.05) is 11.1 Å². The maximum Gasteiger partial charge on any atom is 0.0769 e. The van der Waals surface area contributed by atoms with Gasteiger partial charge in [-0.25, -0.2) is 0 Å². The van der Waals surface area contributed by atoms with E-state index in [1.54, 1.807) is 6.92 Å². The van der Waals surface area contributed by atoms with E-state index in [4.69, 9.17) is 0 Å². The first kappa shape index (κ1) is 13.0. The van der Waals surface area contributed by atoms with Gasteiger partial charge in [-0.15, -0.1) is 0 Å². The topological polar surface area (TPSA) is 33.1 Å². The van der Waals surface area contributed by atoms with Gasteiger partial charge in [0.25, 0.3) is 0 Å². The molecule has 0 aliphatic carbocycles. The number of rotatable bonds is 1. The Labute approximate surface area is 109 Å². The average molecular weight is 243 g/mol. The molecule has 1 aromatic heterocycles. The number of aliphatic hydroxyl groups is 1. The number of hydrogen-bond donors (Lipinski definition) is 1. The van der Waals surface area contributed by atoms with Crippen LogP contribution < -0.4 is 0 Å². The molecule has 2 aromatic rings. The van der Waals surface area contributed by atoms with Crippen LogP contribution in [0.1, 0.15) is 50.6 Å². The molecule has 0 bridgehead atoms. The molecule has 2 heteroatoms. The monoisotopic (exact) mass is 243 g/mol. The second kappa shape index (κ2) is 4.36. The van der Waals surface area contributed by atoms with Crippen molar-refractivity contribution < 1.29 is 5.11 Å². The molecule has 0 aliphatic heterocycles. The zero-order valence-electron chi connectivity index (χ0n) is 11.8. The van der Waals surface area contributed by atoms with Crippen LogP contribution in [0.2, 0.25) is 0 Å². The molecular formula is C16H21NO. The highest BCUT2D eigenvalue weighted by Gasteiger charge is 2.16. The molecule has 0 spiro atoms. The molecule has 0 fully saturated rings. The average Bonchev–Trinajstić information content (AvgIpc) is 2.25. The van der Waals surface area contributed by atoms with E-state index in [9.17, 15) is 5.11 Å². The molecule has 1 N–H and O–H groups in total.